The maximum Gasteiger partial charge on any atom is 0.263 e. The third kappa shape index (κ3) is 1.33. The summed E-state index contributed by atoms with van der Waals surface area (Å²) in [6.45, 7) is 0. The van der Waals surface area contributed by atoms with Crippen molar-refractivity contribution in [2.45, 2.75) is 0 Å². The van der Waals surface area contributed by atoms with Gasteiger partial charge in [-0.25, -0.2) is 0 Å². The molecule has 1 aliphatic rings. The first-order valence-corrected chi connectivity index (χ1v) is 7.18. The normalized spacial score (nSPS) is 12.2. The molecule has 3 nitrogen and oxygen atoms in total. The van der Waals surface area contributed by atoms with E-state index in [2.05, 4.69) is 0 Å². The van der Waals surface area contributed by atoms with Crippen molar-refractivity contribution in [2.75, 3.05) is 0 Å². The van der Waals surface area contributed by atoms with Crippen LogP contribution in [0.5, 0.6) is 11.5 Å². The van der Waals surface area contributed by atoms with Crippen LogP contribution in [0.2, 0.25) is 0 Å². The molecule has 0 saturated carbocycles. The Labute approximate surface area is 126 Å². The molecule has 104 valence electrons. The fourth-order valence-corrected chi connectivity index (χ4v) is 3.26. The van der Waals surface area contributed by atoms with E-state index in [0.717, 1.165) is 33.1 Å². The van der Waals surface area contributed by atoms with Crippen LogP contribution >= 0.6 is 0 Å². The van der Waals surface area contributed by atoms with Gasteiger partial charge in [0, 0.05) is 10.8 Å². The molecule has 5 rings (SSSR count). The fourth-order valence-electron chi connectivity index (χ4n) is 3.26. The Morgan fingerprint density at radius 1 is 0.682 bits per heavy atom. The fraction of sp³-hybridized carbons (Fsp3) is 0. The van der Waals surface area contributed by atoms with Crippen molar-refractivity contribution in [3.8, 4) is 17.2 Å². The molecule has 0 radical (unpaired) electrons. The van der Waals surface area contributed by atoms with E-state index in [1.54, 1.807) is 4.57 Å². The molecule has 4 aromatic rings. The molecular weight excluding hydrogens is 274 g/mol. The number of para-hydroxylation sites is 3. The molecule has 0 aliphatic carbocycles. The highest BCUT2D eigenvalue weighted by Crippen LogP contribution is 2.40. The number of nitrogens with zero attached hydrogens (tertiary/aromatic N) is 1. The molecule has 1 aromatic heterocycles. The molecule has 2 heterocycles. The van der Waals surface area contributed by atoms with Gasteiger partial charge < -0.3 is 4.74 Å². The smallest absolute Gasteiger partial charge is 0.263 e. The monoisotopic (exact) mass is 285 g/mol. The lowest BCUT2D eigenvalue weighted by Gasteiger charge is -2.23. The van der Waals surface area contributed by atoms with Gasteiger partial charge in [0.15, 0.2) is 11.5 Å². The van der Waals surface area contributed by atoms with Crippen molar-refractivity contribution < 1.29 is 4.74 Å². The largest absolute Gasteiger partial charge is 0.453 e. The van der Waals surface area contributed by atoms with E-state index < -0.39 is 0 Å². The van der Waals surface area contributed by atoms with Crippen molar-refractivity contribution in [2.24, 2.45) is 0 Å². The molecule has 3 aromatic carbocycles. The van der Waals surface area contributed by atoms with Gasteiger partial charge in [-0.3, -0.25) is 9.36 Å². The summed E-state index contributed by atoms with van der Waals surface area (Å²) in [5.41, 5.74) is 1.62. The number of aromatic nitrogens is 1. The molecule has 3 heteroatoms. The number of hydrogen-bond acceptors (Lipinski definition) is 2. The summed E-state index contributed by atoms with van der Waals surface area (Å²) in [6, 6.07) is 21.3. The predicted molar refractivity (Wildman–Crippen MR) is 87.1 cm³/mol. The van der Waals surface area contributed by atoms with Crippen LogP contribution in [-0.2, 0) is 0 Å². The van der Waals surface area contributed by atoms with Gasteiger partial charge in [-0.2, -0.15) is 0 Å². The minimum absolute atomic E-state index is 0.00806. The van der Waals surface area contributed by atoms with Gasteiger partial charge in [-0.15, -0.1) is 0 Å². The first-order valence-electron chi connectivity index (χ1n) is 7.18. The molecule has 22 heavy (non-hydrogen) atoms. The van der Waals surface area contributed by atoms with Crippen LogP contribution in [0.4, 0.5) is 0 Å². The molecule has 1 aliphatic heterocycles. The maximum absolute atomic E-state index is 13.0. The highest BCUT2D eigenvalue weighted by atomic mass is 16.5. The van der Waals surface area contributed by atoms with Crippen LogP contribution in [0, 0.1) is 0 Å². The summed E-state index contributed by atoms with van der Waals surface area (Å²) in [7, 11) is 0. The van der Waals surface area contributed by atoms with E-state index in [1.165, 1.54) is 0 Å². The van der Waals surface area contributed by atoms with E-state index in [0.29, 0.717) is 5.75 Å². The average Bonchev–Trinajstić information content (AvgIpc) is 2.58. The summed E-state index contributed by atoms with van der Waals surface area (Å²) < 4.78 is 7.76. The lowest BCUT2D eigenvalue weighted by atomic mass is 10.0. The number of pyridine rings is 1. The van der Waals surface area contributed by atoms with Crippen molar-refractivity contribution in [1.29, 1.82) is 0 Å². The molecule has 0 bridgehead atoms. The van der Waals surface area contributed by atoms with E-state index in [4.69, 9.17) is 4.74 Å². The minimum Gasteiger partial charge on any atom is -0.453 e. The number of fused-ring (bicyclic) bond motifs is 4. The van der Waals surface area contributed by atoms with Crippen molar-refractivity contribution in [1.82, 2.24) is 4.57 Å². The third-order valence-electron chi connectivity index (χ3n) is 4.20. The highest BCUT2D eigenvalue weighted by molar-refractivity contribution is 6.08. The standard InChI is InChI=1S/C19H11NO2/c21-19-14-7-2-1-6-12(14)13-8-5-11-17-18(13)20(19)15-9-3-4-10-16(15)22-17/h1-11H. The SMILES string of the molecule is O=c1c2ccccc2c2cccc3c2n1-c1ccccc1O3. The van der Waals surface area contributed by atoms with Crippen molar-refractivity contribution in [3.05, 3.63) is 77.1 Å². The van der Waals surface area contributed by atoms with Crippen LogP contribution in [0.3, 0.4) is 0 Å². The van der Waals surface area contributed by atoms with E-state index in [-0.39, 0.29) is 5.56 Å². The van der Waals surface area contributed by atoms with Gasteiger partial charge in [0.25, 0.3) is 5.56 Å². The molecule has 0 N–H and O–H groups in total. The van der Waals surface area contributed by atoms with Crippen LogP contribution in [-0.4, -0.2) is 4.57 Å². The Hall–Kier alpha value is -3.07. The second-order valence-corrected chi connectivity index (χ2v) is 5.41. The third-order valence-corrected chi connectivity index (χ3v) is 4.20. The lowest BCUT2D eigenvalue weighted by molar-refractivity contribution is 0.474. The molecule has 0 unspecified atom stereocenters. The molecule has 0 amide bonds. The molecule has 0 atom stereocenters. The van der Waals surface area contributed by atoms with Crippen LogP contribution < -0.4 is 10.3 Å². The zero-order valence-electron chi connectivity index (χ0n) is 11.6. The molecule has 0 saturated heterocycles. The summed E-state index contributed by atoms with van der Waals surface area (Å²) >= 11 is 0. The zero-order valence-corrected chi connectivity index (χ0v) is 11.6. The highest BCUT2D eigenvalue weighted by Gasteiger charge is 2.22. The summed E-state index contributed by atoms with van der Waals surface area (Å²) in [5.74, 6) is 1.43. The summed E-state index contributed by atoms with van der Waals surface area (Å²) in [6.07, 6.45) is 0. The van der Waals surface area contributed by atoms with E-state index >= 15 is 0 Å². The number of benzene rings is 3. The number of ether oxygens (including phenoxy) is 1. The van der Waals surface area contributed by atoms with Crippen LogP contribution in [0.15, 0.2) is 71.5 Å². The number of rotatable bonds is 0. The van der Waals surface area contributed by atoms with Gasteiger partial charge in [0.2, 0.25) is 0 Å². The summed E-state index contributed by atoms with van der Waals surface area (Å²) in [5, 5.41) is 2.72. The molecule has 0 spiro atoms. The second kappa shape index (κ2) is 3.98. The Balaban J connectivity index is 2.14. The van der Waals surface area contributed by atoms with Gasteiger partial charge in [0.05, 0.1) is 11.2 Å². The Morgan fingerprint density at radius 3 is 2.27 bits per heavy atom. The lowest BCUT2D eigenvalue weighted by Crippen LogP contribution is -2.22. The summed E-state index contributed by atoms with van der Waals surface area (Å²) in [4.78, 5) is 13.0. The van der Waals surface area contributed by atoms with Crippen molar-refractivity contribution >= 4 is 21.7 Å². The molecular formula is C19H11NO2. The first kappa shape index (κ1) is 11.6. The topological polar surface area (TPSA) is 31.2 Å². The quantitative estimate of drug-likeness (QED) is 0.398. The number of hydrogen-bond donors (Lipinski definition) is 0. The predicted octanol–water partition coefficient (Wildman–Crippen LogP) is 4.25. The van der Waals surface area contributed by atoms with Gasteiger partial charge in [-0.1, -0.05) is 42.5 Å². The molecule has 0 fully saturated rings. The zero-order chi connectivity index (χ0) is 14.7. The Kier molecular flexibility index (Phi) is 2.09. The van der Waals surface area contributed by atoms with Crippen LogP contribution in [0.1, 0.15) is 0 Å². The van der Waals surface area contributed by atoms with E-state index in [1.807, 2.05) is 66.7 Å². The Bertz CT molecular complexity index is 1130. The first-order chi connectivity index (χ1) is 10.8. The minimum atomic E-state index is -0.00806. The van der Waals surface area contributed by atoms with Gasteiger partial charge in [0.1, 0.15) is 0 Å². The average molecular weight is 285 g/mol. The second-order valence-electron chi connectivity index (χ2n) is 5.41. The van der Waals surface area contributed by atoms with E-state index in [9.17, 15) is 4.79 Å². The van der Waals surface area contributed by atoms with Crippen molar-refractivity contribution in [3.63, 3.8) is 0 Å². The van der Waals surface area contributed by atoms with Crippen LogP contribution in [0.25, 0.3) is 27.4 Å². The maximum atomic E-state index is 13.0. The Morgan fingerprint density at radius 2 is 1.36 bits per heavy atom. The van der Waals surface area contributed by atoms with Gasteiger partial charge in [-0.05, 0) is 29.7 Å². The van der Waals surface area contributed by atoms with Gasteiger partial charge >= 0.3 is 0 Å².